The van der Waals surface area contributed by atoms with Gasteiger partial charge in [0, 0.05) is 23.7 Å². The second kappa shape index (κ2) is 8.26. The molecule has 0 atom stereocenters. The number of thiazole rings is 1. The van der Waals surface area contributed by atoms with E-state index >= 15 is 0 Å². The van der Waals surface area contributed by atoms with Gasteiger partial charge in [-0.3, -0.25) is 9.52 Å². The van der Waals surface area contributed by atoms with Crippen LogP contribution in [0.15, 0.2) is 58.9 Å². The Balaban J connectivity index is 1.67. The van der Waals surface area contributed by atoms with Crippen molar-refractivity contribution in [3.63, 3.8) is 0 Å². The number of sulfonamides is 1. The molecule has 3 rings (SSSR count). The molecule has 0 radical (unpaired) electrons. The smallest absolute Gasteiger partial charge is 0.263 e. The van der Waals surface area contributed by atoms with Crippen LogP contribution in [-0.2, 0) is 16.6 Å². The zero-order chi connectivity index (χ0) is 19.4. The Hall–Kier alpha value is -2.13. The van der Waals surface area contributed by atoms with Crippen LogP contribution in [0.4, 0.5) is 5.13 Å². The number of hydrogen-bond acceptors (Lipinski definition) is 5. The molecule has 0 unspecified atom stereocenters. The average molecular weight is 442 g/mol. The molecule has 0 saturated heterocycles. The first kappa shape index (κ1) is 19.6. The molecule has 0 fully saturated rings. The van der Waals surface area contributed by atoms with Gasteiger partial charge in [0.25, 0.3) is 15.9 Å². The number of hydrogen-bond donors (Lipinski definition) is 2. The maximum Gasteiger partial charge on any atom is 0.263 e. The van der Waals surface area contributed by atoms with Gasteiger partial charge < -0.3 is 5.32 Å². The summed E-state index contributed by atoms with van der Waals surface area (Å²) >= 11 is 13.2. The van der Waals surface area contributed by atoms with Crippen LogP contribution in [-0.4, -0.2) is 19.3 Å². The molecule has 0 saturated carbocycles. The van der Waals surface area contributed by atoms with Gasteiger partial charge in [-0.15, -0.1) is 11.3 Å². The van der Waals surface area contributed by atoms with E-state index in [1.165, 1.54) is 41.8 Å². The third-order valence-electron chi connectivity index (χ3n) is 3.55. The zero-order valence-electron chi connectivity index (χ0n) is 13.6. The highest BCUT2D eigenvalue weighted by Crippen LogP contribution is 2.25. The Morgan fingerprint density at radius 3 is 2.52 bits per heavy atom. The lowest BCUT2D eigenvalue weighted by molar-refractivity contribution is 0.0951. The fourth-order valence-electron chi connectivity index (χ4n) is 2.20. The molecule has 2 aromatic carbocycles. The van der Waals surface area contributed by atoms with Gasteiger partial charge in [-0.1, -0.05) is 35.3 Å². The van der Waals surface area contributed by atoms with Crippen LogP contribution in [0.25, 0.3) is 0 Å². The van der Waals surface area contributed by atoms with Crippen molar-refractivity contribution < 1.29 is 13.2 Å². The summed E-state index contributed by atoms with van der Waals surface area (Å²) in [6.45, 7) is 0.198. The first-order valence-corrected chi connectivity index (χ1v) is 10.7. The monoisotopic (exact) mass is 441 g/mol. The fourth-order valence-corrected chi connectivity index (χ4v) is 4.37. The van der Waals surface area contributed by atoms with E-state index in [-0.39, 0.29) is 22.5 Å². The molecule has 0 bridgehead atoms. The summed E-state index contributed by atoms with van der Waals surface area (Å²) in [5, 5.41) is 5.45. The van der Waals surface area contributed by atoms with Gasteiger partial charge >= 0.3 is 0 Å². The van der Waals surface area contributed by atoms with Crippen molar-refractivity contribution in [2.45, 2.75) is 11.4 Å². The van der Waals surface area contributed by atoms with Gasteiger partial charge in [0.05, 0.1) is 14.9 Å². The summed E-state index contributed by atoms with van der Waals surface area (Å²) in [6.07, 6.45) is 1.50. The van der Waals surface area contributed by atoms with E-state index in [0.29, 0.717) is 21.2 Å². The van der Waals surface area contributed by atoms with E-state index in [9.17, 15) is 13.2 Å². The minimum Gasteiger partial charge on any atom is -0.348 e. The second-order valence-electron chi connectivity index (χ2n) is 5.36. The van der Waals surface area contributed by atoms with E-state index < -0.39 is 10.0 Å². The highest BCUT2D eigenvalue weighted by atomic mass is 35.5. The van der Waals surface area contributed by atoms with E-state index in [0.717, 1.165) is 0 Å². The van der Waals surface area contributed by atoms with Crippen molar-refractivity contribution in [3.8, 4) is 0 Å². The van der Waals surface area contributed by atoms with Gasteiger partial charge in [0.15, 0.2) is 5.13 Å². The van der Waals surface area contributed by atoms with Crippen LogP contribution in [0.3, 0.4) is 0 Å². The van der Waals surface area contributed by atoms with Crippen molar-refractivity contribution in [1.29, 1.82) is 0 Å². The minimum atomic E-state index is -3.76. The predicted octanol–water partition coefficient (Wildman–Crippen LogP) is 4.18. The lowest BCUT2D eigenvalue weighted by atomic mass is 10.2. The molecule has 1 amide bonds. The number of amides is 1. The van der Waals surface area contributed by atoms with Gasteiger partial charge in [0.1, 0.15) is 0 Å². The highest BCUT2D eigenvalue weighted by Gasteiger charge is 2.16. The predicted molar refractivity (Wildman–Crippen MR) is 107 cm³/mol. The lowest BCUT2D eigenvalue weighted by Crippen LogP contribution is -2.23. The minimum absolute atomic E-state index is 0.0344. The maximum atomic E-state index is 12.3. The van der Waals surface area contributed by atoms with E-state index in [1.807, 2.05) is 0 Å². The Bertz CT molecular complexity index is 1050. The number of anilines is 1. The Morgan fingerprint density at radius 2 is 1.85 bits per heavy atom. The number of carbonyl (C=O) groups excluding carboxylic acids is 1. The molecule has 0 aliphatic heterocycles. The number of halogens is 2. The molecule has 140 valence electrons. The number of benzene rings is 2. The maximum absolute atomic E-state index is 12.3. The SMILES string of the molecule is O=C(NCc1cccc(Cl)c1Cl)c1ccc(S(=O)(=O)Nc2nccs2)cc1. The third kappa shape index (κ3) is 4.78. The molecule has 0 aliphatic carbocycles. The molecular formula is C17H13Cl2N3O3S2. The summed E-state index contributed by atoms with van der Waals surface area (Å²) in [6, 6.07) is 10.7. The fraction of sp³-hybridized carbons (Fsp3) is 0.0588. The Kier molecular flexibility index (Phi) is 6.01. The topological polar surface area (TPSA) is 88.2 Å². The van der Waals surface area contributed by atoms with Crippen LogP contribution in [0, 0.1) is 0 Å². The molecule has 1 aromatic heterocycles. The molecule has 1 heterocycles. The number of carbonyl (C=O) groups is 1. The molecule has 0 spiro atoms. The largest absolute Gasteiger partial charge is 0.348 e. The van der Waals surface area contributed by atoms with Crippen molar-refractivity contribution in [1.82, 2.24) is 10.3 Å². The first-order chi connectivity index (χ1) is 12.9. The van der Waals surface area contributed by atoms with Gasteiger partial charge in [-0.2, -0.15) is 0 Å². The molecule has 3 aromatic rings. The van der Waals surface area contributed by atoms with Crippen molar-refractivity contribution in [2.24, 2.45) is 0 Å². The summed E-state index contributed by atoms with van der Waals surface area (Å²) < 4.78 is 27.0. The summed E-state index contributed by atoms with van der Waals surface area (Å²) in [7, 11) is -3.76. The average Bonchev–Trinajstić information content (AvgIpc) is 3.15. The lowest BCUT2D eigenvalue weighted by Gasteiger charge is -2.09. The van der Waals surface area contributed by atoms with Crippen LogP contribution < -0.4 is 10.0 Å². The quantitative estimate of drug-likeness (QED) is 0.600. The number of rotatable bonds is 6. The standard InChI is InChI=1S/C17H13Cl2N3O3S2/c18-14-3-1-2-12(15(14)19)10-21-16(23)11-4-6-13(7-5-11)27(24,25)22-17-20-8-9-26-17/h1-9H,10H2,(H,20,22)(H,21,23). The Labute approximate surface area is 170 Å². The third-order valence-corrected chi connectivity index (χ3v) is 6.58. The molecular weight excluding hydrogens is 429 g/mol. The van der Waals surface area contributed by atoms with Crippen molar-refractivity contribution in [2.75, 3.05) is 4.72 Å². The molecule has 2 N–H and O–H groups in total. The van der Waals surface area contributed by atoms with Gasteiger partial charge in [0.2, 0.25) is 0 Å². The summed E-state index contributed by atoms with van der Waals surface area (Å²) in [4.78, 5) is 16.2. The Morgan fingerprint density at radius 1 is 1.11 bits per heavy atom. The number of aromatic nitrogens is 1. The number of nitrogens with one attached hydrogen (secondary N) is 2. The molecule has 0 aliphatic rings. The number of nitrogens with zero attached hydrogens (tertiary/aromatic N) is 1. The van der Waals surface area contributed by atoms with E-state index in [2.05, 4.69) is 15.0 Å². The molecule has 10 heteroatoms. The van der Waals surface area contributed by atoms with Crippen LogP contribution in [0.1, 0.15) is 15.9 Å². The van der Waals surface area contributed by atoms with Crippen LogP contribution in [0.2, 0.25) is 10.0 Å². The summed E-state index contributed by atoms with van der Waals surface area (Å²) in [5.74, 6) is -0.358. The van der Waals surface area contributed by atoms with Crippen molar-refractivity contribution in [3.05, 3.63) is 75.2 Å². The second-order valence-corrected chi connectivity index (χ2v) is 8.72. The first-order valence-electron chi connectivity index (χ1n) is 7.60. The van der Waals surface area contributed by atoms with Crippen LogP contribution >= 0.6 is 34.5 Å². The molecule has 6 nitrogen and oxygen atoms in total. The molecule has 27 heavy (non-hydrogen) atoms. The normalized spacial score (nSPS) is 11.2. The highest BCUT2D eigenvalue weighted by molar-refractivity contribution is 7.93. The van der Waals surface area contributed by atoms with E-state index in [4.69, 9.17) is 23.2 Å². The zero-order valence-corrected chi connectivity index (χ0v) is 16.8. The summed E-state index contributed by atoms with van der Waals surface area (Å²) in [5.41, 5.74) is 1.01. The van der Waals surface area contributed by atoms with Crippen LogP contribution in [0.5, 0.6) is 0 Å². The van der Waals surface area contributed by atoms with E-state index in [1.54, 1.807) is 23.6 Å². The van der Waals surface area contributed by atoms with Gasteiger partial charge in [-0.25, -0.2) is 13.4 Å². The van der Waals surface area contributed by atoms with Gasteiger partial charge in [-0.05, 0) is 35.9 Å². The van der Waals surface area contributed by atoms with Crippen molar-refractivity contribution >= 4 is 55.6 Å².